The van der Waals surface area contributed by atoms with E-state index in [1.807, 2.05) is 30.3 Å². The third kappa shape index (κ3) is 4.63. The highest BCUT2D eigenvalue weighted by molar-refractivity contribution is 5.17. The molecule has 2 nitrogen and oxygen atoms in total. The molecule has 1 aliphatic carbocycles. The lowest BCUT2D eigenvalue weighted by molar-refractivity contribution is 0.164. The van der Waals surface area contributed by atoms with E-state index in [1.54, 1.807) is 0 Å². The van der Waals surface area contributed by atoms with Crippen molar-refractivity contribution in [2.45, 2.75) is 57.6 Å². The van der Waals surface area contributed by atoms with Crippen LogP contribution >= 0.6 is 0 Å². The van der Waals surface area contributed by atoms with Gasteiger partial charge in [0, 0.05) is 12.6 Å². The number of aliphatic hydroxyl groups is 1. The van der Waals surface area contributed by atoms with Crippen molar-refractivity contribution >= 4 is 0 Å². The van der Waals surface area contributed by atoms with Gasteiger partial charge in [-0.05, 0) is 31.2 Å². The van der Waals surface area contributed by atoms with Crippen molar-refractivity contribution in [2.24, 2.45) is 5.92 Å². The van der Waals surface area contributed by atoms with Crippen LogP contribution in [0, 0.1) is 5.92 Å². The number of benzene rings is 1. The van der Waals surface area contributed by atoms with Crippen molar-refractivity contribution in [1.82, 2.24) is 5.32 Å². The molecule has 0 bridgehead atoms. The van der Waals surface area contributed by atoms with Gasteiger partial charge in [0.05, 0.1) is 6.10 Å². The van der Waals surface area contributed by atoms with E-state index >= 15 is 0 Å². The summed E-state index contributed by atoms with van der Waals surface area (Å²) in [6, 6.07) is 10.4. The van der Waals surface area contributed by atoms with Crippen molar-refractivity contribution < 1.29 is 5.11 Å². The van der Waals surface area contributed by atoms with E-state index in [0.29, 0.717) is 12.6 Å². The lowest BCUT2D eigenvalue weighted by Gasteiger charge is -2.25. The molecule has 0 saturated heterocycles. The Labute approximate surface area is 117 Å². The topological polar surface area (TPSA) is 32.3 Å². The molecule has 2 rings (SSSR count). The summed E-state index contributed by atoms with van der Waals surface area (Å²) >= 11 is 0. The van der Waals surface area contributed by atoms with Crippen LogP contribution in [0.5, 0.6) is 0 Å². The van der Waals surface area contributed by atoms with Gasteiger partial charge in [0.15, 0.2) is 0 Å². The molecule has 1 aromatic carbocycles. The minimum atomic E-state index is -0.394. The summed E-state index contributed by atoms with van der Waals surface area (Å²) in [4.78, 5) is 0. The molecule has 19 heavy (non-hydrogen) atoms. The van der Waals surface area contributed by atoms with Crippen molar-refractivity contribution in [3.8, 4) is 0 Å². The lowest BCUT2D eigenvalue weighted by atomic mass is 9.93. The molecule has 1 aliphatic rings. The van der Waals surface area contributed by atoms with Gasteiger partial charge in [-0.2, -0.15) is 0 Å². The summed E-state index contributed by atoms with van der Waals surface area (Å²) in [7, 11) is 0. The summed E-state index contributed by atoms with van der Waals surface area (Å²) < 4.78 is 0. The first-order valence-electron chi connectivity index (χ1n) is 7.74. The van der Waals surface area contributed by atoms with E-state index < -0.39 is 6.10 Å². The van der Waals surface area contributed by atoms with E-state index in [0.717, 1.165) is 11.5 Å². The molecule has 0 aromatic heterocycles. The average Bonchev–Trinajstić information content (AvgIpc) is 2.74. The Morgan fingerprint density at radius 3 is 2.37 bits per heavy atom. The third-order valence-corrected chi connectivity index (χ3v) is 4.42. The number of nitrogens with one attached hydrogen (secondary N) is 1. The van der Waals surface area contributed by atoms with Crippen LogP contribution in [-0.4, -0.2) is 17.7 Å². The molecule has 1 saturated carbocycles. The van der Waals surface area contributed by atoms with Gasteiger partial charge in [-0.15, -0.1) is 0 Å². The molecule has 1 unspecified atom stereocenters. The second-order valence-electron chi connectivity index (χ2n) is 5.88. The highest BCUT2D eigenvalue weighted by atomic mass is 16.3. The van der Waals surface area contributed by atoms with Crippen LogP contribution in [0.15, 0.2) is 30.3 Å². The van der Waals surface area contributed by atoms with Gasteiger partial charge in [0.2, 0.25) is 0 Å². The fourth-order valence-corrected chi connectivity index (χ4v) is 3.07. The molecule has 1 fully saturated rings. The second kappa shape index (κ2) is 7.66. The van der Waals surface area contributed by atoms with Crippen LogP contribution in [0.25, 0.3) is 0 Å². The third-order valence-electron chi connectivity index (χ3n) is 4.42. The van der Waals surface area contributed by atoms with Gasteiger partial charge in [0.1, 0.15) is 0 Å². The van der Waals surface area contributed by atoms with Crippen molar-refractivity contribution in [1.29, 1.82) is 0 Å². The largest absolute Gasteiger partial charge is 0.387 e. The fraction of sp³-hybridized carbons (Fsp3) is 0.647. The summed E-state index contributed by atoms with van der Waals surface area (Å²) in [5.74, 6) is 0.783. The number of aliphatic hydroxyl groups excluding tert-OH is 1. The van der Waals surface area contributed by atoms with E-state index in [9.17, 15) is 5.11 Å². The maximum absolute atomic E-state index is 10.2. The van der Waals surface area contributed by atoms with E-state index in [1.165, 1.54) is 38.5 Å². The highest BCUT2D eigenvalue weighted by Gasteiger charge is 2.19. The monoisotopic (exact) mass is 261 g/mol. The maximum atomic E-state index is 10.2. The zero-order valence-corrected chi connectivity index (χ0v) is 12.0. The molecule has 2 N–H and O–H groups in total. The normalized spacial score (nSPS) is 20.7. The number of rotatable bonds is 5. The van der Waals surface area contributed by atoms with Crippen LogP contribution in [0.2, 0.25) is 0 Å². The predicted octanol–water partition coefficient (Wildman–Crippen LogP) is 3.67. The van der Waals surface area contributed by atoms with Gasteiger partial charge in [-0.3, -0.25) is 0 Å². The van der Waals surface area contributed by atoms with E-state index in [2.05, 4.69) is 12.2 Å². The number of hydrogen-bond acceptors (Lipinski definition) is 2. The van der Waals surface area contributed by atoms with Crippen LogP contribution in [0.1, 0.15) is 57.1 Å². The maximum Gasteiger partial charge on any atom is 0.0914 e. The molecule has 0 spiro atoms. The van der Waals surface area contributed by atoms with E-state index in [-0.39, 0.29) is 0 Å². The SMILES string of the molecule is C[C@@H](NCC(O)c1ccccc1)C1CCCCCC1. The standard InChI is InChI=1S/C17H27NO/c1-14(15-9-5-2-3-6-10-15)18-13-17(19)16-11-7-4-8-12-16/h4,7-8,11-12,14-15,17-19H,2-3,5-6,9-10,13H2,1H3/t14-,17?/m1/s1. The molecule has 2 atom stereocenters. The molecular formula is C17H27NO. The minimum absolute atomic E-state index is 0.394. The first-order chi connectivity index (χ1) is 9.27. The van der Waals surface area contributed by atoms with Gasteiger partial charge in [-0.25, -0.2) is 0 Å². The average molecular weight is 261 g/mol. The van der Waals surface area contributed by atoms with Gasteiger partial charge < -0.3 is 10.4 Å². The zero-order chi connectivity index (χ0) is 13.5. The molecule has 1 aromatic rings. The Kier molecular flexibility index (Phi) is 5.87. The zero-order valence-electron chi connectivity index (χ0n) is 12.0. The molecular weight excluding hydrogens is 234 g/mol. The van der Waals surface area contributed by atoms with Crippen molar-refractivity contribution in [3.05, 3.63) is 35.9 Å². The van der Waals surface area contributed by atoms with Crippen LogP contribution in [-0.2, 0) is 0 Å². The van der Waals surface area contributed by atoms with Crippen LogP contribution < -0.4 is 5.32 Å². The van der Waals surface area contributed by atoms with Crippen molar-refractivity contribution in [3.63, 3.8) is 0 Å². The van der Waals surface area contributed by atoms with Gasteiger partial charge in [-0.1, -0.05) is 56.0 Å². The molecule has 0 amide bonds. The number of hydrogen-bond donors (Lipinski definition) is 2. The second-order valence-corrected chi connectivity index (χ2v) is 5.88. The van der Waals surface area contributed by atoms with Crippen LogP contribution in [0.3, 0.4) is 0 Å². The molecule has 0 aliphatic heterocycles. The quantitative estimate of drug-likeness (QED) is 0.793. The molecule has 106 valence electrons. The highest BCUT2D eigenvalue weighted by Crippen LogP contribution is 2.25. The van der Waals surface area contributed by atoms with Crippen LogP contribution in [0.4, 0.5) is 0 Å². The lowest BCUT2D eigenvalue weighted by Crippen LogP contribution is -2.36. The van der Waals surface area contributed by atoms with Gasteiger partial charge in [0.25, 0.3) is 0 Å². The Morgan fingerprint density at radius 1 is 1.11 bits per heavy atom. The summed E-state index contributed by atoms with van der Waals surface area (Å²) in [5, 5.41) is 13.7. The summed E-state index contributed by atoms with van der Waals surface area (Å²) in [6.07, 6.45) is 7.83. The summed E-state index contributed by atoms with van der Waals surface area (Å²) in [6.45, 7) is 2.93. The van der Waals surface area contributed by atoms with E-state index in [4.69, 9.17) is 0 Å². The molecule has 0 heterocycles. The summed E-state index contributed by atoms with van der Waals surface area (Å²) in [5.41, 5.74) is 1.00. The fourth-order valence-electron chi connectivity index (χ4n) is 3.07. The molecule has 0 radical (unpaired) electrons. The predicted molar refractivity (Wildman–Crippen MR) is 80.1 cm³/mol. The Hall–Kier alpha value is -0.860. The molecule has 2 heteroatoms. The van der Waals surface area contributed by atoms with Gasteiger partial charge >= 0.3 is 0 Å². The first kappa shape index (κ1) is 14.5. The first-order valence-corrected chi connectivity index (χ1v) is 7.74. The van der Waals surface area contributed by atoms with Crippen molar-refractivity contribution in [2.75, 3.05) is 6.54 Å². The Balaban J connectivity index is 1.77. The Morgan fingerprint density at radius 2 is 1.74 bits per heavy atom. The smallest absolute Gasteiger partial charge is 0.0914 e. The minimum Gasteiger partial charge on any atom is -0.387 e. The Bertz CT molecular complexity index is 344.